The molecule has 1 aliphatic rings. The number of aromatic nitrogens is 6. The van der Waals surface area contributed by atoms with E-state index in [1.807, 2.05) is 18.2 Å². The van der Waals surface area contributed by atoms with Crippen LogP contribution in [0.4, 0.5) is 5.82 Å². The summed E-state index contributed by atoms with van der Waals surface area (Å²) in [5.41, 5.74) is 2.19. The van der Waals surface area contributed by atoms with Crippen molar-refractivity contribution in [2.45, 2.75) is 31.0 Å². The van der Waals surface area contributed by atoms with E-state index < -0.39 is 31.1 Å². The van der Waals surface area contributed by atoms with E-state index in [0.717, 1.165) is 5.69 Å². The number of hydrogen-bond acceptors (Lipinski definition) is 10. The summed E-state index contributed by atoms with van der Waals surface area (Å²) in [7, 11) is 0. The average Bonchev–Trinajstić information content (AvgIpc) is 3.58. The molecule has 0 unspecified atom stereocenters. The number of anilines is 1. The molecule has 4 heterocycles. The van der Waals surface area contributed by atoms with Crippen molar-refractivity contribution in [3.8, 4) is 0 Å². The van der Waals surface area contributed by atoms with Gasteiger partial charge in [0.2, 0.25) is 0 Å². The SMILES string of the molecule is O=C(c1ccccc1)n1cnc(CCNc2ncnc3c2ncn3[C@@H]2O[C@H](CO)[C@@H](O)[C@H]2O)c1. The lowest BCUT2D eigenvalue weighted by molar-refractivity contribution is -0.0511. The Morgan fingerprint density at radius 2 is 1.88 bits per heavy atom. The Hall–Kier alpha value is -3.71. The predicted octanol–water partition coefficient (Wildman–Crippen LogP) is -0.0226. The highest BCUT2D eigenvalue weighted by Gasteiger charge is 2.44. The zero-order chi connectivity index (χ0) is 23.7. The molecule has 4 aromatic rings. The van der Waals surface area contributed by atoms with Gasteiger partial charge in [-0.1, -0.05) is 18.2 Å². The minimum Gasteiger partial charge on any atom is -0.394 e. The molecule has 0 amide bonds. The van der Waals surface area contributed by atoms with Crippen molar-refractivity contribution < 1.29 is 24.9 Å². The van der Waals surface area contributed by atoms with E-state index in [1.165, 1.54) is 28.1 Å². The Kier molecular flexibility index (Phi) is 6.02. The molecular weight excluding hydrogens is 442 g/mol. The molecule has 1 saturated heterocycles. The summed E-state index contributed by atoms with van der Waals surface area (Å²) in [5.74, 6) is 0.329. The van der Waals surface area contributed by atoms with Gasteiger partial charge in [-0.25, -0.2) is 19.9 Å². The first-order valence-corrected chi connectivity index (χ1v) is 10.7. The number of carbonyl (C=O) groups excluding carboxylic acids is 1. The molecule has 0 spiro atoms. The van der Waals surface area contributed by atoms with Gasteiger partial charge in [0.05, 0.1) is 18.6 Å². The van der Waals surface area contributed by atoms with Crippen LogP contribution in [0.2, 0.25) is 0 Å². The topological polar surface area (TPSA) is 160 Å². The average molecular weight is 465 g/mol. The van der Waals surface area contributed by atoms with E-state index in [-0.39, 0.29) is 5.91 Å². The smallest absolute Gasteiger partial charge is 0.263 e. The first kappa shape index (κ1) is 22.1. The molecule has 4 N–H and O–H groups in total. The molecule has 0 bridgehead atoms. The summed E-state index contributed by atoms with van der Waals surface area (Å²) in [5, 5.41) is 32.9. The Morgan fingerprint density at radius 3 is 2.65 bits per heavy atom. The molecular formula is C22H23N7O5. The quantitative estimate of drug-likeness (QED) is 0.292. The maximum Gasteiger partial charge on any atom is 0.263 e. The maximum atomic E-state index is 12.5. The highest BCUT2D eigenvalue weighted by Crippen LogP contribution is 2.32. The molecule has 1 aromatic carbocycles. The number of aliphatic hydroxyl groups excluding tert-OH is 3. The Morgan fingerprint density at radius 1 is 1.06 bits per heavy atom. The molecule has 5 rings (SSSR count). The van der Waals surface area contributed by atoms with E-state index in [4.69, 9.17) is 4.74 Å². The van der Waals surface area contributed by atoms with Crippen molar-refractivity contribution >= 4 is 22.9 Å². The number of nitrogens with zero attached hydrogens (tertiary/aromatic N) is 6. The third-order valence-corrected chi connectivity index (χ3v) is 5.71. The van der Waals surface area contributed by atoms with Gasteiger partial charge < -0.3 is 25.4 Å². The van der Waals surface area contributed by atoms with Gasteiger partial charge in [-0.15, -0.1) is 0 Å². The van der Waals surface area contributed by atoms with Gasteiger partial charge in [-0.3, -0.25) is 13.9 Å². The minimum absolute atomic E-state index is 0.153. The fraction of sp³-hybridized carbons (Fsp3) is 0.318. The van der Waals surface area contributed by atoms with Crippen LogP contribution in [0.25, 0.3) is 11.2 Å². The Bertz CT molecular complexity index is 1290. The summed E-state index contributed by atoms with van der Waals surface area (Å²) < 4.78 is 8.53. The summed E-state index contributed by atoms with van der Waals surface area (Å²) >= 11 is 0. The summed E-state index contributed by atoms with van der Waals surface area (Å²) in [6, 6.07) is 8.98. The van der Waals surface area contributed by atoms with E-state index in [0.29, 0.717) is 35.5 Å². The molecule has 4 atom stereocenters. The van der Waals surface area contributed by atoms with Crippen LogP contribution in [0.3, 0.4) is 0 Å². The van der Waals surface area contributed by atoms with Crippen LogP contribution in [-0.4, -0.2) is 81.8 Å². The van der Waals surface area contributed by atoms with Gasteiger partial charge in [-0.05, 0) is 12.1 Å². The van der Waals surface area contributed by atoms with Crippen molar-refractivity contribution in [2.24, 2.45) is 0 Å². The van der Waals surface area contributed by atoms with Gasteiger partial charge in [-0.2, -0.15) is 0 Å². The molecule has 12 nitrogen and oxygen atoms in total. The number of hydrogen-bond donors (Lipinski definition) is 4. The number of carbonyl (C=O) groups is 1. The third kappa shape index (κ3) is 4.03. The van der Waals surface area contributed by atoms with Gasteiger partial charge in [0, 0.05) is 24.7 Å². The first-order chi connectivity index (χ1) is 16.6. The Balaban J connectivity index is 1.26. The lowest BCUT2D eigenvalue weighted by atomic mass is 10.1. The van der Waals surface area contributed by atoms with Crippen molar-refractivity contribution in [2.75, 3.05) is 18.5 Å². The van der Waals surface area contributed by atoms with Crippen LogP contribution in [0, 0.1) is 0 Å². The molecule has 1 fully saturated rings. The maximum absolute atomic E-state index is 12.5. The molecule has 0 aliphatic carbocycles. The molecule has 3 aromatic heterocycles. The highest BCUT2D eigenvalue weighted by molar-refractivity contribution is 5.95. The lowest BCUT2D eigenvalue weighted by Crippen LogP contribution is -2.33. The molecule has 0 radical (unpaired) electrons. The number of rotatable bonds is 7. The van der Waals surface area contributed by atoms with E-state index in [2.05, 4.69) is 25.3 Å². The van der Waals surface area contributed by atoms with E-state index in [1.54, 1.807) is 18.3 Å². The van der Waals surface area contributed by atoms with Crippen molar-refractivity contribution in [3.05, 3.63) is 66.8 Å². The normalized spacial score (nSPS) is 22.3. The standard InChI is InChI=1S/C22H23N7O5/c30-9-15-17(31)18(32)22(34-15)29-12-27-16-19(24-10-25-20(16)29)23-7-6-14-8-28(11-26-14)21(33)13-4-2-1-3-5-13/h1-5,8,10-12,15,17-18,22,30-32H,6-7,9H2,(H,23,24,25)/t15-,17-,18-,22-/m1/s1. The minimum atomic E-state index is -1.24. The second-order valence-corrected chi connectivity index (χ2v) is 7.90. The number of imidazole rings is 2. The van der Waals surface area contributed by atoms with Gasteiger partial charge in [0.25, 0.3) is 5.91 Å². The number of nitrogens with one attached hydrogen (secondary N) is 1. The van der Waals surface area contributed by atoms with Gasteiger partial charge in [0.1, 0.15) is 31.0 Å². The second kappa shape index (κ2) is 9.27. The highest BCUT2D eigenvalue weighted by atomic mass is 16.6. The van der Waals surface area contributed by atoms with Crippen LogP contribution in [0.1, 0.15) is 22.3 Å². The molecule has 0 saturated carbocycles. The fourth-order valence-corrected chi connectivity index (χ4v) is 3.92. The number of ether oxygens (including phenoxy) is 1. The fourth-order valence-electron chi connectivity index (χ4n) is 3.92. The molecule has 176 valence electrons. The monoisotopic (exact) mass is 465 g/mol. The molecule has 12 heteroatoms. The van der Waals surface area contributed by atoms with Crippen molar-refractivity contribution in [3.63, 3.8) is 0 Å². The summed E-state index contributed by atoms with van der Waals surface area (Å²) in [6.07, 6.45) is 2.24. The van der Waals surface area contributed by atoms with E-state index in [9.17, 15) is 20.1 Å². The summed E-state index contributed by atoms with van der Waals surface area (Å²) in [6.45, 7) is 0.0548. The van der Waals surface area contributed by atoms with E-state index >= 15 is 0 Å². The Labute approximate surface area is 193 Å². The van der Waals surface area contributed by atoms with Gasteiger partial charge in [0.15, 0.2) is 23.2 Å². The third-order valence-electron chi connectivity index (χ3n) is 5.71. The molecule has 1 aliphatic heterocycles. The van der Waals surface area contributed by atoms with Crippen molar-refractivity contribution in [1.29, 1.82) is 0 Å². The van der Waals surface area contributed by atoms with Crippen LogP contribution in [-0.2, 0) is 11.2 Å². The number of fused-ring (bicyclic) bond motifs is 1. The zero-order valence-corrected chi connectivity index (χ0v) is 18.0. The lowest BCUT2D eigenvalue weighted by Gasteiger charge is -2.16. The number of aliphatic hydroxyl groups is 3. The largest absolute Gasteiger partial charge is 0.394 e. The number of benzene rings is 1. The second-order valence-electron chi connectivity index (χ2n) is 7.90. The molecule has 34 heavy (non-hydrogen) atoms. The van der Waals surface area contributed by atoms with Gasteiger partial charge >= 0.3 is 0 Å². The van der Waals surface area contributed by atoms with Crippen LogP contribution in [0.15, 0.2) is 55.5 Å². The zero-order valence-electron chi connectivity index (χ0n) is 18.0. The predicted molar refractivity (Wildman–Crippen MR) is 119 cm³/mol. The first-order valence-electron chi connectivity index (χ1n) is 10.7. The van der Waals surface area contributed by atoms with Crippen molar-refractivity contribution in [1.82, 2.24) is 29.1 Å². The van der Waals surface area contributed by atoms with Crippen LogP contribution >= 0.6 is 0 Å². The summed E-state index contributed by atoms with van der Waals surface area (Å²) in [4.78, 5) is 29.6. The van der Waals surface area contributed by atoms with Crippen LogP contribution in [0.5, 0.6) is 0 Å². The van der Waals surface area contributed by atoms with Crippen LogP contribution < -0.4 is 5.32 Å².